The first-order valence-corrected chi connectivity index (χ1v) is 4.47. The molecule has 66 valence electrons. The highest BCUT2D eigenvalue weighted by Crippen LogP contribution is 2.49. The second-order valence-electron chi connectivity index (χ2n) is 4.00. The Labute approximate surface area is 72.6 Å². The van der Waals surface area contributed by atoms with E-state index >= 15 is 0 Å². The Hall–Kier alpha value is -0.630. The van der Waals surface area contributed by atoms with Gasteiger partial charge in [-0.15, -0.1) is 0 Å². The molecule has 0 bridgehead atoms. The highest BCUT2D eigenvalue weighted by molar-refractivity contribution is 5.68. The summed E-state index contributed by atoms with van der Waals surface area (Å²) in [6.07, 6.45) is 4.12. The Kier molecular flexibility index (Phi) is 1.62. The van der Waals surface area contributed by atoms with Crippen molar-refractivity contribution in [1.82, 2.24) is 0 Å². The van der Waals surface area contributed by atoms with Crippen molar-refractivity contribution < 1.29 is 9.53 Å². The molecular weight excluding hydrogens is 152 g/mol. The lowest BCUT2D eigenvalue weighted by Gasteiger charge is -2.21. The molecule has 1 aliphatic carbocycles. The minimum Gasteiger partial charge on any atom is -0.358 e. The van der Waals surface area contributed by atoms with Gasteiger partial charge in [0, 0.05) is 0 Å². The van der Waals surface area contributed by atoms with E-state index in [1.165, 1.54) is 5.57 Å². The molecule has 0 spiro atoms. The molecule has 2 aliphatic rings. The fourth-order valence-corrected chi connectivity index (χ4v) is 2.08. The maximum absolute atomic E-state index is 10.7. The largest absolute Gasteiger partial charge is 0.358 e. The van der Waals surface area contributed by atoms with Gasteiger partial charge in [0.15, 0.2) is 6.29 Å². The van der Waals surface area contributed by atoms with Crippen LogP contribution in [0.4, 0.5) is 0 Å². The molecule has 3 unspecified atom stereocenters. The van der Waals surface area contributed by atoms with Gasteiger partial charge in [0.2, 0.25) is 0 Å². The van der Waals surface area contributed by atoms with Crippen LogP contribution in [0.3, 0.4) is 0 Å². The number of aldehydes is 1. The lowest BCUT2D eigenvalue weighted by molar-refractivity contribution is -0.112. The molecule has 1 saturated heterocycles. The topological polar surface area (TPSA) is 29.6 Å². The zero-order valence-electron chi connectivity index (χ0n) is 7.38. The van der Waals surface area contributed by atoms with E-state index in [2.05, 4.69) is 13.5 Å². The molecule has 0 aromatic carbocycles. The average Bonchev–Trinajstić information content (AvgIpc) is 2.77. The van der Waals surface area contributed by atoms with E-state index < -0.39 is 0 Å². The average molecular weight is 166 g/mol. The van der Waals surface area contributed by atoms with Gasteiger partial charge in [0.1, 0.15) is 5.60 Å². The molecule has 1 heterocycles. The summed E-state index contributed by atoms with van der Waals surface area (Å²) >= 11 is 0. The van der Waals surface area contributed by atoms with Gasteiger partial charge in [-0.05, 0) is 32.1 Å². The Morgan fingerprint density at radius 1 is 1.75 bits per heavy atom. The van der Waals surface area contributed by atoms with Crippen molar-refractivity contribution in [2.75, 3.05) is 0 Å². The smallest absolute Gasteiger partial charge is 0.154 e. The zero-order chi connectivity index (χ0) is 8.77. The van der Waals surface area contributed by atoms with Gasteiger partial charge in [0.25, 0.3) is 0 Å². The summed E-state index contributed by atoms with van der Waals surface area (Å²) in [7, 11) is 0. The van der Waals surface area contributed by atoms with Crippen molar-refractivity contribution >= 4 is 6.29 Å². The van der Waals surface area contributed by atoms with E-state index in [4.69, 9.17) is 4.74 Å². The van der Waals surface area contributed by atoms with Crippen molar-refractivity contribution in [3.63, 3.8) is 0 Å². The van der Waals surface area contributed by atoms with Crippen LogP contribution in [0, 0.1) is 5.92 Å². The molecule has 2 fully saturated rings. The molecule has 0 amide bonds. The van der Waals surface area contributed by atoms with Gasteiger partial charge < -0.3 is 9.53 Å². The van der Waals surface area contributed by atoms with Crippen LogP contribution in [0.15, 0.2) is 12.2 Å². The first kappa shape index (κ1) is 7.99. The number of hydrogen-bond donors (Lipinski definition) is 0. The lowest BCUT2D eigenvalue weighted by Crippen LogP contribution is -2.25. The van der Waals surface area contributed by atoms with E-state index in [1.54, 1.807) is 0 Å². The van der Waals surface area contributed by atoms with Crippen molar-refractivity contribution in [2.24, 2.45) is 5.92 Å². The highest BCUT2D eigenvalue weighted by Gasteiger charge is 2.59. The van der Waals surface area contributed by atoms with Crippen LogP contribution in [0.25, 0.3) is 0 Å². The number of hydrogen-bond acceptors (Lipinski definition) is 2. The van der Waals surface area contributed by atoms with E-state index in [0.29, 0.717) is 5.92 Å². The molecule has 12 heavy (non-hydrogen) atoms. The summed E-state index contributed by atoms with van der Waals surface area (Å²) in [5.74, 6) is 0.575. The summed E-state index contributed by atoms with van der Waals surface area (Å²) in [5, 5.41) is 0. The van der Waals surface area contributed by atoms with E-state index in [-0.39, 0.29) is 11.7 Å². The first-order valence-electron chi connectivity index (χ1n) is 4.47. The fourth-order valence-electron chi connectivity index (χ4n) is 2.08. The standard InChI is InChI=1S/C10H14O2/c1-7(2)8-3-4-10(6-11)9(5-8)12-10/h6,8-9H,1,3-5H2,2H3. The van der Waals surface area contributed by atoms with E-state index in [0.717, 1.165) is 25.5 Å². The van der Waals surface area contributed by atoms with Gasteiger partial charge in [0.05, 0.1) is 6.10 Å². The third kappa shape index (κ3) is 1.02. The summed E-state index contributed by atoms with van der Waals surface area (Å²) < 4.78 is 5.39. The summed E-state index contributed by atoms with van der Waals surface area (Å²) in [6.45, 7) is 5.99. The molecule has 0 aromatic rings. The monoisotopic (exact) mass is 166 g/mol. The van der Waals surface area contributed by atoms with Crippen LogP contribution >= 0.6 is 0 Å². The fraction of sp³-hybridized carbons (Fsp3) is 0.700. The first-order chi connectivity index (χ1) is 5.68. The second kappa shape index (κ2) is 2.43. The number of epoxide rings is 1. The maximum atomic E-state index is 10.7. The molecule has 0 radical (unpaired) electrons. The van der Waals surface area contributed by atoms with Crippen LogP contribution < -0.4 is 0 Å². The van der Waals surface area contributed by atoms with E-state index in [9.17, 15) is 4.79 Å². The molecule has 0 N–H and O–H groups in total. The van der Waals surface area contributed by atoms with Crippen molar-refractivity contribution in [3.8, 4) is 0 Å². The van der Waals surface area contributed by atoms with Crippen molar-refractivity contribution in [2.45, 2.75) is 37.9 Å². The van der Waals surface area contributed by atoms with Crippen LogP contribution in [0.2, 0.25) is 0 Å². The molecule has 2 heteroatoms. The third-order valence-electron chi connectivity index (χ3n) is 3.13. The molecule has 1 aliphatic heterocycles. The number of carbonyl (C=O) groups is 1. The SMILES string of the molecule is C=C(C)C1CCC2(C=O)OC2C1. The Bertz CT molecular complexity index is 234. The van der Waals surface area contributed by atoms with Gasteiger partial charge in [-0.3, -0.25) is 0 Å². The number of ether oxygens (including phenoxy) is 1. The Morgan fingerprint density at radius 3 is 3.00 bits per heavy atom. The van der Waals surface area contributed by atoms with Gasteiger partial charge in [-0.1, -0.05) is 12.2 Å². The molecular formula is C10H14O2. The Morgan fingerprint density at radius 2 is 2.50 bits per heavy atom. The minimum absolute atomic E-state index is 0.199. The number of fused-ring (bicyclic) bond motifs is 1. The summed E-state index contributed by atoms with van der Waals surface area (Å²) in [5.41, 5.74) is 0.858. The van der Waals surface area contributed by atoms with Crippen molar-refractivity contribution in [1.29, 1.82) is 0 Å². The van der Waals surface area contributed by atoms with Gasteiger partial charge >= 0.3 is 0 Å². The van der Waals surface area contributed by atoms with Crippen LogP contribution in [0.1, 0.15) is 26.2 Å². The van der Waals surface area contributed by atoms with Gasteiger partial charge in [-0.2, -0.15) is 0 Å². The predicted molar refractivity (Wildman–Crippen MR) is 45.8 cm³/mol. The predicted octanol–water partition coefficient (Wildman–Crippen LogP) is 1.70. The lowest BCUT2D eigenvalue weighted by atomic mass is 9.80. The normalized spacial score (nSPS) is 44.8. The number of carbonyl (C=O) groups excluding carboxylic acids is 1. The van der Waals surface area contributed by atoms with Crippen LogP contribution in [-0.4, -0.2) is 18.0 Å². The van der Waals surface area contributed by atoms with Crippen LogP contribution in [-0.2, 0) is 9.53 Å². The van der Waals surface area contributed by atoms with Crippen molar-refractivity contribution in [3.05, 3.63) is 12.2 Å². The molecule has 2 rings (SSSR count). The zero-order valence-corrected chi connectivity index (χ0v) is 7.38. The summed E-state index contributed by atoms with van der Waals surface area (Å²) in [4.78, 5) is 10.7. The number of allylic oxidation sites excluding steroid dienone is 1. The van der Waals surface area contributed by atoms with Crippen LogP contribution in [0.5, 0.6) is 0 Å². The third-order valence-corrected chi connectivity index (χ3v) is 3.13. The molecule has 2 nitrogen and oxygen atoms in total. The summed E-state index contributed by atoms with van der Waals surface area (Å²) in [6, 6.07) is 0. The molecule has 3 atom stereocenters. The molecule has 1 saturated carbocycles. The molecule has 0 aromatic heterocycles. The number of rotatable bonds is 2. The highest BCUT2D eigenvalue weighted by atomic mass is 16.6. The minimum atomic E-state index is -0.369. The van der Waals surface area contributed by atoms with Gasteiger partial charge in [-0.25, -0.2) is 0 Å². The second-order valence-corrected chi connectivity index (χ2v) is 4.00. The van der Waals surface area contributed by atoms with E-state index in [1.807, 2.05) is 0 Å². The maximum Gasteiger partial charge on any atom is 0.154 e. The Balaban J connectivity index is 2.00. The quantitative estimate of drug-likeness (QED) is 0.355.